The Hall–Kier alpha value is -0.990. The van der Waals surface area contributed by atoms with Gasteiger partial charge in [0.15, 0.2) is 0 Å². The van der Waals surface area contributed by atoms with E-state index in [4.69, 9.17) is 5.73 Å². The van der Waals surface area contributed by atoms with Crippen LogP contribution in [0.3, 0.4) is 0 Å². The quantitative estimate of drug-likeness (QED) is 0.590. The number of carbonyl (C=O) groups is 1. The van der Waals surface area contributed by atoms with Crippen LogP contribution in [0.15, 0.2) is 11.8 Å². The van der Waals surface area contributed by atoms with E-state index >= 15 is 0 Å². The average molecular weight is 168 g/mol. The summed E-state index contributed by atoms with van der Waals surface area (Å²) in [6.07, 6.45) is 5.01. The Balaban J connectivity index is 2.45. The molecule has 0 saturated carbocycles. The van der Waals surface area contributed by atoms with Crippen molar-refractivity contribution in [2.24, 2.45) is 5.73 Å². The molecule has 3 nitrogen and oxygen atoms in total. The van der Waals surface area contributed by atoms with E-state index in [1.807, 2.05) is 4.90 Å². The van der Waals surface area contributed by atoms with Crippen LogP contribution < -0.4 is 5.73 Å². The Kier molecular flexibility index (Phi) is 3.14. The minimum Gasteiger partial charge on any atom is -0.402 e. The molecule has 0 aromatic rings. The summed E-state index contributed by atoms with van der Waals surface area (Å²) >= 11 is 0. The number of allylic oxidation sites excluding steroid dienone is 1. The van der Waals surface area contributed by atoms with E-state index < -0.39 is 0 Å². The largest absolute Gasteiger partial charge is 0.402 e. The van der Waals surface area contributed by atoms with Crippen LogP contribution in [0.4, 0.5) is 0 Å². The Morgan fingerprint density at radius 2 is 1.92 bits per heavy atom. The van der Waals surface area contributed by atoms with Crippen molar-refractivity contribution in [3.05, 3.63) is 11.8 Å². The van der Waals surface area contributed by atoms with Crippen molar-refractivity contribution in [1.82, 2.24) is 4.90 Å². The number of piperidine rings is 1. The van der Waals surface area contributed by atoms with Gasteiger partial charge in [0.2, 0.25) is 5.91 Å². The van der Waals surface area contributed by atoms with Crippen molar-refractivity contribution in [2.45, 2.75) is 26.2 Å². The molecule has 1 aliphatic heterocycles. The van der Waals surface area contributed by atoms with Gasteiger partial charge >= 0.3 is 0 Å². The van der Waals surface area contributed by atoms with Gasteiger partial charge < -0.3 is 10.6 Å². The lowest BCUT2D eigenvalue weighted by molar-refractivity contribution is -0.126. The molecular formula is C9H16N2O. The summed E-state index contributed by atoms with van der Waals surface area (Å²) in [6, 6.07) is 0. The number of carbonyl (C=O) groups excluding carboxylic acids is 1. The van der Waals surface area contributed by atoms with Crippen LogP contribution in [0.25, 0.3) is 0 Å². The number of nitrogens with two attached hydrogens (primary N) is 1. The molecule has 0 atom stereocenters. The fourth-order valence-corrected chi connectivity index (χ4v) is 1.40. The molecule has 3 heteroatoms. The van der Waals surface area contributed by atoms with Gasteiger partial charge in [0.05, 0.1) is 0 Å². The zero-order valence-electron chi connectivity index (χ0n) is 7.55. The van der Waals surface area contributed by atoms with Crippen LogP contribution in [0, 0.1) is 0 Å². The standard InChI is InChI=1S/C9H16N2O/c1-8(10)7-9(12)11-5-3-2-4-6-11/h7H,2-6,10H2,1H3. The first kappa shape index (κ1) is 9.10. The predicted molar refractivity (Wildman–Crippen MR) is 48.4 cm³/mol. The second kappa shape index (κ2) is 4.14. The van der Waals surface area contributed by atoms with Crippen LogP contribution >= 0.6 is 0 Å². The molecule has 1 heterocycles. The maximum atomic E-state index is 11.4. The van der Waals surface area contributed by atoms with Gasteiger partial charge in [0, 0.05) is 24.9 Å². The van der Waals surface area contributed by atoms with Gasteiger partial charge in [-0.05, 0) is 26.2 Å². The first-order valence-electron chi connectivity index (χ1n) is 4.43. The summed E-state index contributed by atoms with van der Waals surface area (Å²) in [4.78, 5) is 13.2. The molecule has 0 aliphatic carbocycles. The third-order valence-corrected chi connectivity index (χ3v) is 2.02. The lowest BCUT2D eigenvalue weighted by Gasteiger charge is -2.25. The van der Waals surface area contributed by atoms with Crippen molar-refractivity contribution < 1.29 is 4.79 Å². The van der Waals surface area contributed by atoms with E-state index in [1.54, 1.807) is 6.92 Å². The fraction of sp³-hybridized carbons (Fsp3) is 0.667. The first-order chi connectivity index (χ1) is 5.70. The molecule has 68 valence electrons. The zero-order valence-corrected chi connectivity index (χ0v) is 7.55. The van der Waals surface area contributed by atoms with Crippen molar-refractivity contribution in [3.63, 3.8) is 0 Å². The SMILES string of the molecule is CC(N)=CC(=O)N1CCCCC1. The summed E-state index contributed by atoms with van der Waals surface area (Å²) in [5.74, 6) is 0.0645. The number of hydrogen-bond acceptors (Lipinski definition) is 2. The topological polar surface area (TPSA) is 46.3 Å². The third-order valence-electron chi connectivity index (χ3n) is 2.02. The Labute approximate surface area is 73.2 Å². The number of likely N-dealkylation sites (tertiary alicyclic amines) is 1. The van der Waals surface area contributed by atoms with E-state index in [9.17, 15) is 4.79 Å². The van der Waals surface area contributed by atoms with Gasteiger partial charge in [0.25, 0.3) is 0 Å². The second-order valence-electron chi connectivity index (χ2n) is 3.27. The summed E-state index contributed by atoms with van der Waals surface area (Å²) < 4.78 is 0. The number of amides is 1. The Morgan fingerprint density at radius 3 is 2.42 bits per heavy atom. The Bertz CT molecular complexity index is 189. The molecule has 1 amide bonds. The summed E-state index contributed by atoms with van der Waals surface area (Å²) in [7, 11) is 0. The molecule has 1 rings (SSSR count). The fourth-order valence-electron chi connectivity index (χ4n) is 1.40. The number of nitrogens with zero attached hydrogens (tertiary/aromatic N) is 1. The molecular weight excluding hydrogens is 152 g/mol. The normalized spacial score (nSPS) is 19.4. The minimum atomic E-state index is 0.0645. The van der Waals surface area contributed by atoms with Crippen molar-refractivity contribution in [1.29, 1.82) is 0 Å². The molecule has 0 spiro atoms. The number of rotatable bonds is 1. The van der Waals surface area contributed by atoms with Crippen molar-refractivity contribution in [2.75, 3.05) is 13.1 Å². The van der Waals surface area contributed by atoms with Crippen LogP contribution in [-0.4, -0.2) is 23.9 Å². The van der Waals surface area contributed by atoms with Gasteiger partial charge in [-0.1, -0.05) is 0 Å². The van der Waals surface area contributed by atoms with E-state index in [2.05, 4.69) is 0 Å². The maximum absolute atomic E-state index is 11.4. The molecule has 2 N–H and O–H groups in total. The molecule has 1 saturated heterocycles. The van der Waals surface area contributed by atoms with Crippen molar-refractivity contribution >= 4 is 5.91 Å². The van der Waals surface area contributed by atoms with E-state index in [0.717, 1.165) is 25.9 Å². The third kappa shape index (κ3) is 2.57. The molecule has 12 heavy (non-hydrogen) atoms. The van der Waals surface area contributed by atoms with E-state index in [1.165, 1.54) is 12.5 Å². The molecule has 1 aliphatic rings. The van der Waals surface area contributed by atoms with Gasteiger partial charge in [-0.2, -0.15) is 0 Å². The zero-order chi connectivity index (χ0) is 8.97. The van der Waals surface area contributed by atoms with Gasteiger partial charge in [-0.25, -0.2) is 0 Å². The highest BCUT2D eigenvalue weighted by molar-refractivity contribution is 5.88. The summed E-state index contributed by atoms with van der Waals surface area (Å²) in [5, 5.41) is 0. The van der Waals surface area contributed by atoms with Gasteiger partial charge in [-0.15, -0.1) is 0 Å². The van der Waals surface area contributed by atoms with Gasteiger partial charge in [-0.3, -0.25) is 4.79 Å². The summed E-state index contributed by atoms with van der Waals surface area (Å²) in [5.41, 5.74) is 6.00. The molecule has 0 unspecified atom stereocenters. The lowest BCUT2D eigenvalue weighted by atomic mass is 10.1. The molecule has 0 aromatic heterocycles. The maximum Gasteiger partial charge on any atom is 0.248 e. The highest BCUT2D eigenvalue weighted by atomic mass is 16.2. The smallest absolute Gasteiger partial charge is 0.248 e. The van der Waals surface area contributed by atoms with E-state index in [-0.39, 0.29) is 5.91 Å². The van der Waals surface area contributed by atoms with Gasteiger partial charge in [0.1, 0.15) is 0 Å². The lowest BCUT2D eigenvalue weighted by Crippen LogP contribution is -2.34. The second-order valence-corrected chi connectivity index (χ2v) is 3.27. The highest BCUT2D eigenvalue weighted by Crippen LogP contribution is 2.08. The minimum absolute atomic E-state index is 0.0645. The first-order valence-corrected chi connectivity index (χ1v) is 4.43. The van der Waals surface area contributed by atoms with Crippen molar-refractivity contribution in [3.8, 4) is 0 Å². The van der Waals surface area contributed by atoms with E-state index in [0.29, 0.717) is 5.70 Å². The molecule has 1 fully saturated rings. The van der Waals surface area contributed by atoms with Crippen LogP contribution in [0.5, 0.6) is 0 Å². The predicted octanol–water partition coefficient (Wildman–Crippen LogP) is 0.861. The van der Waals surface area contributed by atoms with Crippen LogP contribution in [0.2, 0.25) is 0 Å². The molecule has 0 bridgehead atoms. The molecule has 0 radical (unpaired) electrons. The summed E-state index contributed by atoms with van der Waals surface area (Å²) in [6.45, 7) is 3.52. The Morgan fingerprint density at radius 1 is 1.33 bits per heavy atom. The number of hydrogen-bond donors (Lipinski definition) is 1. The van der Waals surface area contributed by atoms with Crippen LogP contribution in [-0.2, 0) is 4.79 Å². The van der Waals surface area contributed by atoms with Crippen LogP contribution in [0.1, 0.15) is 26.2 Å². The monoisotopic (exact) mass is 168 g/mol. The highest BCUT2D eigenvalue weighted by Gasteiger charge is 2.13. The average Bonchev–Trinajstić information content (AvgIpc) is 2.05. The molecule has 0 aromatic carbocycles.